The van der Waals surface area contributed by atoms with Crippen LogP contribution in [0.1, 0.15) is 43.5 Å². The van der Waals surface area contributed by atoms with Gasteiger partial charge >= 0.3 is 5.97 Å². The molecule has 7 atom stereocenters. The molecule has 1 aromatic heterocycles. The Bertz CT molecular complexity index is 2010. The van der Waals surface area contributed by atoms with E-state index in [0.717, 1.165) is 0 Å². The number of hydrogen-bond donors (Lipinski definition) is 14. The molecule has 2 aromatic carbocycles. The summed E-state index contributed by atoms with van der Waals surface area (Å²) in [5.74, 6) is -6.77. The van der Waals surface area contributed by atoms with Crippen LogP contribution >= 0.6 is 12.6 Å². The lowest BCUT2D eigenvalue weighted by Crippen LogP contribution is -2.60. The Balaban J connectivity index is 1.84. The fourth-order valence-electron chi connectivity index (χ4n) is 5.73. The number of guanidine groups is 1. The summed E-state index contributed by atoms with van der Waals surface area (Å²) in [4.78, 5) is 104. The van der Waals surface area contributed by atoms with Crippen molar-refractivity contribution in [1.29, 1.82) is 0 Å². The first-order valence-electron chi connectivity index (χ1n) is 19.4. The van der Waals surface area contributed by atoms with Gasteiger partial charge in [0.25, 0.3) is 0 Å². The standard InChI is InChI=1S/C39H54N12O10S/c1-20(40)32(54)46-21(2)33(55)47-27(4-3-13-44-39(41)42)34(56)49-29(16-24-17-43-19-45-24)36(58)51-31(18-62)37(59)48-28(14-22-5-9-25(52)10-6-22)35(57)50-30(38(60)61)15-23-7-11-26(53)12-8-23/h5-12,17,19-21,27-31,52-53,62H,3-4,13-16,18,40H2,1-2H3,(H,43,45)(H,46,54)(H,47,55)(H,48,59)(H,49,56)(H,50,57)(H,51,58)(H,60,61)(H4,41,42,44)/t20-,21-,27-,28-,29-,30-,31-/m0/s1. The van der Waals surface area contributed by atoms with Gasteiger partial charge in [0, 0.05) is 43.5 Å². The molecule has 22 nitrogen and oxygen atoms in total. The number of carboxylic acids is 1. The number of phenolic OH excluding ortho intramolecular Hbond substituents is 2. The minimum Gasteiger partial charge on any atom is -0.508 e. The van der Waals surface area contributed by atoms with Crippen LogP contribution in [-0.4, -0.2) is 127 Å². The van der Waals surface area contributed by atoms with Gasteiger partial charge in [-0.25, -0.2) is 9.78 Å². The van der Waals surface area contributed by atoms with Crippen LogP contribution in [-0.2, 0) is 52.8 Å². The van der Waals surface area contributed by atoms with E-state index in [0.29, 0.717) is 16.8 Å². The van der Waals surface area contributed by atoms with Gasteiger partial charge in [-0.1, -0.05) is 24.3 Å². The number of aromatic hydroxyl groups is 2. The number of rotatable bonds is 24. The zero-order chi connectivity index (χ0) is 45.9. The maximum Gasteiger partial charge on any atom is 0.326 e. The van der Waals surface area contributed by atoms with Crippen molar-refractivity contribution in [2.24, 2.45) is 22.2 Å². The number of carbonyl (C=O) groups is 7. The molecule has 0 bridgehead atoms. The van der Waals surface area contributed by atoms with Crippen molar-refractivity contribution in [3.8, 4) is 11.5 Å². The van der Waals surface area contributed by atoms with Gasteiger partial charge in [0.1, 0.15) is 47.8 Å². The number of thiol groups is 1. The van der Waals surface area contributed by atoms with Crippen LogP contribution in [0.15, 0.2) is 66.0 Å². The number of hydrogen-bond acceptors (Lipinski definition) is 13. The number of H-pyrrole nitrogens is 1. The molecule has 0 saturated heterocycles. The van der Waals surface area contributed by atoms with Gasteiger partial charge < -0.3 is 69.4 Å². The number of carbonyl (C=O) groups excluding carboxylic acids is 6. The molecule has 0 aliphatic carbocycles. The molecule has 23 heteroatoms. The zero-order valence-electron chi connectivity index (χ0n) is 34.0. The van der Waals surface area contributed by atoms with Gasteiger partial charge in [0.05, 0.1) is 12.4 Å². The topological polar surface area (TPSA) is 371 Å². The zero-order valence-corrected chi connectivity index (χ0v) is 34.9. The molecule has 336 valence electrons. The summed E-state index contributed by atoms with van der Waals surface area (Å²) in [6, 6.07) is 2.50. The van der Waals surface area contributed by atoms with E-state index in [2.05, 4.69) is 59.5 Å². The molecule has 0 saturated carbocycles. The van der Waals surface area contributed by atoms with Crippen molar-refractivity contribution in [2.45, 2.75) is 88.2 Å². The third kappa shape index (κ3) is 16.6. The van der Waals surface area contributed by atoms with Crippen molar-refractivity contribution in [1.82, 2.24) is 41.9 Å². The highest BCUT2D eigenvalue weighted by molar-refractivity contribution is 7.80. The summed E-state index contributed by atoms with van der Waals surface area (Å²) in [5, 5.41) is 44.5. The number of nitrogens with one attached hydrogen (secondary N) is 7. The first kappa shape index (κ1) is 49.5. The van der Waals surface area contributed by atoms with Crippen LogP contribution in [0, 0.1) is 0 Å². The number of aliphatic carboxylic acids is 1. The highest BCUT2D eigenvalue weighted by Crippen LogP contribution is 2.14. The summed E-state index contributed by atoms with van der Waals surface area (Å²) in [7, 11) is 0. The van der Waals surface area contributed by atoms with Crippen LogP contribution in [0.5, 0.6) is 11.5 Å². The minimum absolute atomic E-state index is 0.00939. The van der Waals surface area contributed by atoms with Crippen molar-refractivity contribution in [3.63, 3.8) is 0 Å². The van der Waals surface area contributed by atoms with Gasteiger partial charge in [-0.2, -0.15) is 12.6 Å². The van der Waals surface area contributed by atoms with Crippen LogP contribution in [0.2, 0.25) is 0 Å². The summed E-state index contributed by atoms with van der Waals surface area (Å²) >= 11 is 4.26. The summed E-state index contributed by atoms with van der Waals surface area (Å²) in [5.41, 5.74) is 17.8. The Hall–Kier alpha value is -6.88. The summed E-state index contributed by atoms with van der Waals surface area (Å²) in [6.45, 7) is 2.91. The molecule has 62 heavy (non-hydrogen) atoms. The van der Waals surface area contributed by atoms with Gasteiger partial charge in [-0.15, -0.1) is 0 Å². The van der Waals surface area contributed by atoms with Crippen LogP contribution in [0.4, 0.5) is 0 Å². The number of benzene rings is 2. The van der Waals surface area contributed by atoms with Crippen LogP contribution in [0.25, 0.3) is 0 Å². The van der Waals surface area contributed by atoms with Gasteiger partial charge in [-0.05, 0) is 62.1 Å². The number of nitrogens with zero attached hydrogens (tertiary/aromatic N) is 2. The number of aromatic nitrogens is 2. The van der Waals surface area contributed by atoms with E-state index in [1.54, 1.807) is 0 Å². The summed E-state index contributed by atoms with van der Waals surface area (Å²) in [6.07, 6.45) is 2.45. The highest BCUT2D eigenvalue weighted by atomic mass is 32.1. The fourth-order valence-corrected chi connectivity index (χ4v) is 5.99. The molecule has 1 heterocycles. The Morgan fingerprint density at radius 3 is 1.63 bits per heavy atom. The lowest BCUT2D eigenvalue weighted by molar-refractivity contribution is -0.142. The third-order valence-electron chi connectivity index (χ3n) is 9.17. The molecule has 0 unspecified atom stereocenters. The van der Waals surface area contributed by atoms with E-state index in [9.17, 15) is 48.9 Å². The Kier molecular flexibility index (Phi) is 19.5. The monoisotopic (exact) mass is 882 g/mol. The van der Waals surface area contributed by atoms with E-state index >= 15 is 0 Å². The molecule has 16 N–H and O–H groups in total. The van der Waals surface area contributed by atoms with Crippen molar-refractivity contribution >= 4 is 60.0 Å². The molecule has 3 aromatic rings. The Morgan fingerprint density at radius 2 is 1.15 bits per heavy atom. The molecule has 0 fully saturated rings. The van der Waals surface area contributed by atoms with Gasteiger partial charge in [-0.3, -0.25) is 33.8 Å². The van der Waals surface area contributed by atoms with Crippen molar-refractivity contribution < 1.29 is 48.9 Å². The molecule has 0 aliphatic heterocycles. The van der Waals surface area contributed by atoms with E-state index in [-0.39, 0.29) is 61.9 Å². The molecule has 3 rings (SSSR count). The van der Waals surface area contributed by atoms with E-state index < -0.39 is 83.7 Å². The normalized spacial score (nSPS) is 14.3. The quantitative estimate of drug-likeness (QED) is 0.0187. The second kappa shape index (κ2) is 24.4. The maximum atomic E-state index is 14.0. The minimum atomic E-state index is -1.45. The summed E-state index contributed by atoms with van der Waals surface area (Å²) < 4.78 is 0. The molecular weight excluding hydrogens is 829 g/mol. The molecule has 0 radical (unpaired) electrons. The number of aromatic amines is 1. The average molecular weight is 883 g/mol. The number of amides is 6. The van der Waals surface area contributed by atoms with Gasteiger partial charge in [0.2, 0.25) is 35.4 Å². The van der Waals surface area contributed by atoms with E-state index in [1.807, 2.05) is 0 Å². The lowest BCUT2D eigenvalue weighted by atomic mass is 10.0. The molecule has 0 spiro atoms. The molecule has 6 amide bonds. The highest BCUT2D eigenvalue weighted by Gasteiger charge is 2.33. The second-order valence-corrected chi connectivity index (χ2v) is 14.7. The first-order valence-corrected chi connectivity index (χ1v) is 20.0. The van der Waals surface area contributed by atoms with Crippen LogP contribution in [0.3, 0.4) is 0 Å². The number of carboxylic acid groups (broad SMARTS) is 1. The van der Waals surface area contributed by atoms with Gasteiger partial charge in [0.15, 0.2) is 5.96 Å². The fraction of sp³-hybridized carbons (Fsp3) is 0.410. The number of aliphatic imine (C=N–C) groups is 1. The Morgan fingerprint density at radius 1 is 0.677 bits per heavy atom. The molecular formula is C39H54N12O10S. The third-order valence-corrected chi connectivity index (χ3v) is 9.54. The predicted molar refractivity (Wildman–Crippen MR) is 228 cm³/mol. The van der Waals surface area contributed by atoms with Crippen molar-refractivity contribution in [2.75, 3.05) is 12.3 Å². The predicted octanol–water partition coefficient (Wildman–Crippen LogP) is -2.81. The lowest BCUT2D eigenvalue weighted by Gasteiger charge is -2.27. The van der Waals surface area contributed by atoms with E-state index in [4.69, 9.17) is 17.2 Å². The number of phenols is 2. The SMILES string of the molecule is C[C@H](N)C(=O)N[C@@H](C)C(=O)N[C@@H](CCCN=C(N)N)C(=O)N[C@@H](Cc1cnc[nH]1)C(=O)N[C@@H](CS)C(=O)N[C@@H](Cc1ccc(O)cc1)C(=O)N[C@@H](Cc1ccc(O)cc1)C(=O)O. The smallest absolute Gasteiger partial charge is 0.326 e. The Labute approximate surface area is 362 Å². The van der Waals surface area contributed by atoms with E-state index in [1.165, 1.54) is 74.9 Å². The maximum absolute atomic E-state index is 14.0. The molecule has 0 aliphatic rings. The van der Waals surface area contributed by atoms with Crippen LogP contribution < -0.4 is 49.1 Å². The largest absolute Gasteiger partial charge is 0.508 e. The average Bonchev–Trinajstić information content (AvgIpc) is 3.74. The second-order valence-electron chi connectivity index (χ2n) is 14.3. The number of nitrogens with two attached hydrogens (primary N) is 3. The first-order chi connectivity index (χ1) is 29.4. The van der Waals surface area contributed by atoms with Crippen molar-refractivity contribution in [3.05, 3.63) is 77.9 Å². The number of imidazole rings is 1.